The molecule has 1 saturated heterocycles. The van der Waals surface area contributed by atoms with Crippen molar-refractivity contribution in [1.29, 1.82) is 0 Å². The number of amides is 2. The maximum absolute atomic E-state index is 13.6. The summed E-state index contributed by atoms with van der Waals surface area (Å²) in [5.74, 6) is 0.0594. The normalized spacial score (nSPS) is 16.4. The number of benzene rings is 1. The Hall–Kier alpha value is -3.41. The van der Waals surface area contributed by atoms with E-state index in [-0.39, 0.29) is 23.4 Å². The van der Waals surface area contributed by atoms with Crippen LogP contribution in [0.5, 0.6) is 0 Å². The van der Waals surface area contributed by atoms with Crippen LogP contribution >= 0.6 is 0 Å². The second-order valence-electron chi connectivity index (χ2n) is 8.71. The fourth-order valence-electron chi connectivity index (χ4n) is 3.81. The standard InChI is InChI=1S/C22H23F4N5O3/c1-11(2)17(18-12(3)15-6-13(23)4-5-16(15)34-18)30-20(32)29-14-7-27-19(28-8-14)31-9-21(33,10-31)22(24,25)26/h4-8,11,17,33H,9-10H2,1-3H3,(H2,29,30,32). The lowest BCUT2D eigenvalue weighted by Gasteiger charge is -2.46. The van der Waals surface area contributed by atoms with E-state index in [1.807, 2.05) is 13.8 Å². The van der Waals surface area contributed by atoms with Crippen molar-refractivity contribution in [2.24, 2.45) is 5.92 Å². The molecule has 0 radical (unpaired) electrons. The molecule has 0 spiro atoms. The number of alkyl halides is 3. The van der Waals surface area contributed by atoms with Gasteiger partial charge in [-0.2, -0.15) is 13.2 Å². The van der Waals surface area contributed by atoms with Crippen LogP contribution in [0, 0.1) is 18.7 Å². The summed E-state index contributed by atoms with van der Waals surface area (Å²) >= 11 is 0. The number of aromatic nitrogens is 2. The highest BCUT2D eigenvalue weighted by molar-refractivity contribution is 5.89. The summed E-state index contributed by atoms with van der Waals surface area (Å²) in [6.07, 6.45) is -2.22. The van der Waals surface area contributed by atoms with Crippen LogP contribution in [0.3, 0.4) is 0 Å². The zero-order chi connectivity index (χ0) is 24.8. The van der Waals surface area contributed by atoms with Crippen molar-refractivity contribution in [3.05, 3.63) is 47.7 Å². The Labute approximate surface area is 192 Å². The largest absolute Gasteiger partial charge is 0.459 e. The minimum absolute atomic E-state index is 0.00470. The molecule has 0 aliphatic carbocycles. The molecule has 3 heterocycles. The number of hydrogen-bond acceptors (Lipinski definition) is 6. The Morgan fingerprint density at radius 2 is 1.88 bits per heavy atom. The molecule has 2 amide bonds. The predicted octanol–water partition coefficient (Wildman–Crippen LogP) is 4.30. The van der Waals surface area contributed by atoms with Crippen LogP contribution in [0.15, 0.2) is 35.0 Å². The minimum atomic E-state index is -4.73. The molecule has 0 bridgehead atoms. The van der Waals surface area contributed by atoms with Crippen molar-refractivity contribution in [1.82, 2.24) is 15.3 Å². The highest BCUT2D eigenvalue weighted by atomic mass is 19.4. The number of carbonyl (C=O) groups excluding carboxylic acids is 1. The third-order valence-electron chi connectivity index (χ3n) is 5.78. The summed E-state index contributed by atoms with van der Waals surface area (Å²) < 4.78 is 57.8. The molecule has 1 aliphatic heterocycles. The third kappa shape index (κ3) is 4.37. The number of nitrogens with zero attached hydrogens (tertiary/aromatic N) is 3. The highest BCUT2D eigenvalue weighted by Crippen LogP contribution is 2.39. The maximum atomic E-state index is 13.6. The molecule has 1 atom stereocenters. The second kappa shape index (κ2) is 8.42. The highest BCUT2D eigenvalue weighted by Gasteiger charge is 2.61. The second-order valence-corrected chi connectivity index (χ2v) is 8.71. The van der Waals surface area contributed by atoms with Crippen molar-refractivity contribution in [3.63, 3.8) is 0 Å². The summed E-state index contributed by atoms with van der Waals surface area (Å²) in [4.78, 5) is 21.7. The maximum Gasteiger partial charge on any atom is 0.420 e. The Kier molecular flexibility index (Phi) is 5.88. The van der Waals surface area contributed by atoms with Crippen molar-refractivity contribution < 1.29 is 31.9 Å². The van der Waals surface area contributed by atoms with Gasteiger partial charge in [-0.25, -0.2) is 19.2 Å². The molecule has 34 heavy (non-hydrogen) atoms. The number of anilines is 2. The van der Waals surface area contributed by atoms with Gasteiger partial charge in [0.05, 0.1) is 37.2 Å². The molecule has 8 nitrogen and oxygen atoms in total. The number of aryl methyl sites for hydroxylation is 1. The molecule has 4 rings (SSSR count). The SMILES string of the molecule is Cc1c(C(NC(=O)Nc2cnc(N3CC(O)(C(F)(F)F)C3)nc2)C(C)C)oc2ccc(F)cc12. The van der Waals surface area contributed by atoms with Gasteiger partial charge in [-0.05, 0) is 31.0 Å². The number of furan rings is 1. The van der Waals surface area contributed by atoms with Gasteiger partial charge in [0.25, 0.3) is 0 Å². The van der Waals surface area contributed by atoms with Crippen molar-refractivity contribution in [2.45, 2.75) is 38.6 Å². The number of rotatable bonds is 5. The molecule has 3 N–H and O–H groups in total. The first-order valence-corrected chi connectivity index (χ1v) is 10.5. The molecule has 0 saturated carbocycles. The van der Waals surface area contributed by atoms with E-state index in [0.29, 0.717) is 16.7 Å². The van der Waals surface area contributed by atoms with E-state index in [2.05, 4.69) is 20.6 Å². The van der Waals surface area contributed by atoms with Gasteiger partial charge in [0.2, 0.25) is 5.95 Å². The van der Waals surface area contributed by atoms with Gasteiger partial charge in [-0.1, -0.05) is 13.8 Å². The first-order chi connectivity index (χ1) is 15.9. The first kappa shape index (κ1) is 23.7. The number of aliphatic hydroxyl groups is 1. The molecule has 1 aromatic carbocycles. The number of halogens is 4. The Balaban J connectivity index is 1.42. The minimum Gasteiger partial charge on any atom is -0.459 e. The Morgan fingerprint density at radius 1 is 1.24 bits per heavy atom. The zero-order valence-electron chi connectivity index (χ0n) is 18.6. The van der Waals surface area contributed by atoms with Gasteiger partial charge >= 0.3 is 12.2 Å². The van der Waals surface area contributed by atoms with E-state index >= 15 is 0 Å². The Bertz CT molecular complexity index is 1200. The van der Waals surface area contributed by atoms with E-state index in [1.165, 1.54) is 35.5 Å². The van der Waals surface area contributed by atoms with Crippen LogP contribution < -0.4 is 15.5 Å². The van der Waals surface area contributed by atoms with Crippen LogP contribution in [-0.4, -0.2) is 46.0 Å². The molecule has 1 fully saturated rings. The van der Waals surface area contributed by atoms with Gasteiger partial charge in [0.15, 0.2) is 5.60 Å². The predicted molar refractivity (Wildman–Crippen MR) is 116 cm³/mol. The van der Waals surface area contributed by atoms with E-state index in [1.54, 1.807) is 6.92 Å². The smallest absolute Gasteiger partial charge is 0.420 e. The number of hydrogen-bond donors (Lipinski definition) is 3. The summed E-state index contributed by atoms with van der Waals surface area (Å²) in [6.45, 7) is 4.25. The third-order valence-corrected chi connectivity index (χ3v) is 5.78. The lowest BCUT2D eigenvalue weighted by molar-refractivity contribution is -0.267. The number of carbonyl (C=O) groups is 1. The van der Waals surface area contributed by atoms with E-state index < -0.39 is 36.9 Å². The zero-order valence-corrected chi connectivity index (χ0v) is 18.6. The van der Waals surface area contributed by atoms with Crippen LogP contribution in [0.1, 0.15) is 31.2 Å². The van der Waals surface area contributed by atoms with E-state index in [9.17, 15) is 27.5 Å². The monoisotopic (exact) mass is 481 g/mol. The quantitative estimate of drug-likeness (QED) is 0.470. The topological polar surface area (TPSA) is 104 Å². The van der Waals surface area contributed by atoms with Crippen LogP contribution in [0.4, 0.5) is 34.0 Å². The van der Waals surface area contributed by atoms with Crippen LogP contribution in [0.25, 0.3) is 11.0 Å². The molecule has 182 valence electrons. The van der Waals surface area contributed by atoms with Crippen LogP contribution in [0.2, 0.25) is 0 Å². The lowest BCUT2D eigenvalue weighted by atomic mass is 9.94. The van der Waals surface area contributed by atoms with Crippen molar-refractivity contribution >= 4 is 28.6 Å². The molecule has 1 unspecified atom stereocenters. The molecule has 3 aromatic rings. The van der Waals surface area contributed by atoms with Gasteiger partial charge < -0.3 is 25.1 Å². The van der Waals surface area contributed by atoms with E-state index in [0.717, 1.165) is 5.56 Å². The first-order valence-electron chi connectivity index (χ1n) is 10.5. The molecular formula is C22H23F4N5O3. The Morgan fingerprint density at radius 3 is 2.47 bits per heavy atom. The summed E-state index contributed by atoms with van der Waals surface area (Å²) in [5.41, 5.74) is -1.33. The van der Waals surface area contributed by atoms with Gasteiger partial charge in [0.1, 0.15) is 17.2 Å². The lowest BCUT2D eigenvalue weighted by Crippen LogP contribution is -2.69. The molecule has 1 aliphatic rings. The summed E-state index contributed by atoms with van der Waals surface area (Å²) in [5, 5.41) is 15.6. The molecular weight excluding hydrogens is 458 g/mol. The molecule has 2 aromatic heterocycles. The molecule has 12 heteroatoms. The van der Waals surface area contributed by atoms with Gasteiger partial charge in [-0.3, -0.25) is 0 Å². The van der Waals surface area contributed by atoms with Gasteiger partial charge in [-0.15, -0.1) is 0 Å². The average Bonchev–Trinajstić information content (AvgIpc) is 3.05. The fraction of sp³-hybridized carbons (Fsp3) is 0.409. The number of urea groups is 1. The summed E-state index contributed by atoms with van der Waals surface area (Å²) in [6, 6.07) is 3.12. The van der Waals surface area contributed by atoms with Crippen molar-refractivity contribution in [3.8, 4) is 0 Å². The van der Waals surface area contributed by atoms with E-state index in [4.69, 9.17) is 4.42 Å². The average molecular weight is 481 g/mol. The number of nitrogens with one attached hydrogen (secondary N) is 2. The van der Waals surface area contributed by atoms with Crippen molar-refractivity contribution in [2.75, 3.05) is 23.3 Å². The summed E-state index contributed by atoms with van der Waals surface area (Å²) in [7, 11) is 0. The van der Waals surface area contributed by atoms with Gasteiger partial charge in [0, 0.05) is 10.9 Å². The number of β-amino-alcohol motifs (C(OH)–C–C–N with tert-alkyl or cyclic N) is 1. The van der Waals surface area contributed by atoms with Crippen LogP contribution in [-0.2, 0) is 0 Å². The number of fused-ring (bicyclic) bond motifs is 1. The fourth-order valence-corrected chi connectivity index (χ4v) is 3.81.